The molecule has 1 aliphatic heterocycles. The van der Waals surface area contributed by atoms with Gasteiger partial charge >= 0.3 is 0 Å². The van der Waals surface area contributed by atoms with Crippen LogP contribution >= 0.6 is 15.9 Å². The van der Waals surface area contributed by atoms with Gasteiger partial charge in [0, 0.05) is 29.8 Å². The van der Waals surface area contributed by atoms with E-state index < -0.39 is 0 Å². The molecule has 3 rings (SSSR count). The van der Waals surface area contributed by atoms with Gasteiger partial charge in [0.15, 0.2) is 0 Å². The lowest BCUT2D eigenvalue weighted by atomic mass is 10.2. The maximum atomic E-state index is 12.3. The zero-order valence-electron chi connectivity index (χ0n) is 17.4. The van der Waals surface area contributed by atoms with Gasteiger partial charge in [0.25, 0.3) is 0 Å². The van der Waals surface area contributed by atoms with Crippen LogP contribution in [0.5, 0.6) is 0 Å². The Morgan fingerprint density at radius 1 is 0.967 bits per heavy atom. The van der Waals surface area contributed by atoms with Gasteiger partial charge in [-0.2, -0.15) is 0 Å². The van der Waals surface area contributed by atoms with Crippen LogP contribution in [0.15, 0.2) is 53.0 Å². The molecule has 0 aromatic heterocycles. The molecule has 1 aliphatic rings. The molecule has 1 fully saturated rings. The van der Waals surface area contributed by atoms with E-state index in [1.807, 2.05) is 31.2 Å². The second-order valence-electron chi connectivity index (χ2n) is 7.68. The van der Waals surface area contributed by atoms with Crippen molar-refractivity contribution in [3.8, 4) is 0 Å². The van der Waals surface area contributed by atoms with Crippen LogP contribution in [0.4, 0.5) is 5.69 Å². The molecule has 0 spiro atoms. The molecule has 1 saturated heterocycles. The lowest BCUT2D eigenvalue weighted by Crippen LogP contribution is -2.41. The highest BCUT2D eigenvalue weighted by Gasteiger charge is 2.17. The number of amides is 2. The molecular formula is C23H29BrN4O2. The summed E-state index contributed by atoms with van der Waals surface area (Å²) < 4.78 is 0.964. The number of rotatable bonds is 7. The number of nitrogens with zero attached hydrogens (tertiary/aromatic N) is 2. The Labute approximate surface area is 186 Å². The highest BCUT2D eigenvalue weighted by atomic mass is 79.9. The summed E-state index contributed by atoms with van der Waals surface area (Å²) in [5.74, 6) is -0.340. The Bertz CT molecular complexity index is 860. The molecule has 30 heavy (non-hydrogen) atoms. The number of hydrogen-bond donors (Lipinski definition) is 2. The van der Waals surface area contributed by atoms with Crippen molar-refractivity contribution in [2.75, 3.05) is 44.6 Å². The molecular weight excluding hydrogens is 444 g/mol. The van der Waals surface area contributed by atoms with Crippen LogP contribution in [-0.2, 0) is 16.1 Å². The highest BCUT2D eigenvalue weighted by molar-refractivity contribution is 9.10. The summed E-state index contributed by atoms with van der Waals surface area (Å²) >= 11 is 3.41. The fourth-order valence-corrected chi connectivity index (χ4v) is 4.06. The molecule has 0 aliphatic carbocycles. The Balaban J connectivity index is 1.38. The van der Waals surface area contributed by atoms with E-state index in [1.54, 1.807) is 0 Å². The van der Waals surface area contributed by atoms with Crippen LogP contribution in [0.1, 0.15) is 17.5 Å². The van der Waals surface area contributed by atoms with E-state index in [4.69, 9.17) is 0 Å². The minimum absolute atomic E-state index is 0.0255. The predicted octanol–water partition coefficient (Wildman–Crippen LogP) is 3.02. The van der Waals surface area contributed by atoms with E-state index in [1.165, 1.54) is 5.56 Å². The third-order valence-corrected chi connectivity index (χ3v) is 5.70. The van der Waals surface area contributed by atoms with E-state index in [-0.39, 0.29) is 18.4 Å². The fourth-order valence-electron chi connectivity index (χ4n) is 3.58. The van der Waals surface area contributed by atoms with E-state index in [0.29, 0.717) is 6.54 Å². The van der Waals surface area contributed by atoms with E-state index in [9.17, 15) is 9.59 Å². The van der Waals surface area contributed by atoms with Gasteiger partial charge in [0.1, 0.15) is 0 Å². The minimum atomic E-state index is -0.223. The van der Waals surface area contributed by atoms with E-state index >= 15 is 0 Å². The van der Waals surface area contributed by atoms with Gasteiger partial charge in [-0.05, 0) is 55.8 Å². The number of benzene rings is 2. The standard InChI is InChI=1S/C23H29BrN4O2/c1-18-14-20(24)8-9-21(18)26-22(29)15-25-23(30)17-28-11-5-10-27(12-13-28)16-19-6-3-2-4-7-19/h2-4,6-9,14H,5,10-13,15-17H2,1H3,(H,25,30)(H,26,29). The van der Waals surface area contributed by atoms with Crippen molar-refractivity contribution in [1.82, 2.24) is 15.1 Å². The molecule has 0 radical (unpaired) electrons. The minimum Gasteiger partial charge on any atom is -0.346 e. The highest BCUT2D eigenvalue weighted by Crippen LogP contribution is 2.19. The lowest BCUT2D eigenvalue weighted by Gasteiger charge is -2.21. The van der Waals surface area contributed by atoms with Gasteiger partial charge in [-0.1, -0.05) is 46.3 Å². The molecule has 160 valence electrons. The Morgan fingerprint density at radius 2 is 1.70 bits per heavy atom. The normalized spacial score (nSPS) is 15.4. The molecule has 0 bridgehead atoms. The summed E-state index contributed by atoms with van der Waals surface area (Å²) in [7, 11) is 0. The van der Waals surface area contributed by atoms with Crippen LogP contribution in [-0.4, -0.2) is 60.9 Å². The molecule has 2 N–H and O–H groups in total. The number of hydrogen-bond acceptors (Lipinski definition) is 4. The molecule has 7 heteroatoms. The molecule has 2 aromatic rings. The van der Waals surface area contributed by atoms with Gasteiger partial charge < -0.3 is 10.6 Å². The first kappa shape index (κ1) is 22.5. The lowest BCUT2D eigenvalue weighted by molar-refractivity contribution is -0.125. The summed E-state index contributed by atoms with van der Waals surface area (Å²) in [5.41, 5.74) is 3.04. The summed E-state index contributed by atoms with van der Waals surface area (Å²) in [5, 5.41) is 5.58. The van der Waals surface area contributed by atoms with Gasteiger partial charge in [0.2, 0.25) is 11.8 Å². The molecule has 1 heterocycles. The van der Waals surface area contributed by atoms with Crippen LogP contribution in [0.25, 0.3) is 0 Å². The number of halogens is 1. The topological polar surface area (TPSA) is 64.7 Å². The maximum Gasteiger partial charge on any atom is 0.243 e. The number of aryl methyl sites for hydroxylation is 1. The third kappa shape index (κ3) is 7.23. The molecule has 0 unspecified atom stereocenters. The average molecular weight is 473 g/mol. The second kappa shape index (κ2) is 11.2. The van der Waals surface area contributed by atoms with Gasteiger partial charge in [-0.3, -0.25) is 19.4 Å². The summed E-state index contributed by atoms with van der Waals surface area (Å²) in [6.07, 6.45) is 1.03. The van der Waals surface area contributed by atoms with Crippen LogP contribution in [0.3, 0.4) is 0 Å². The van der Waals surface area contributed by atoms with Crippen LogP contribution in [0.2, 0.25) is 0 Å². The van der Waals surface area contributed by atoms with Crippen LogP contribution < -0.4 is 10.6 Å². The third-order valence-electron chi connectivity index (χ3n) is 5.21. The smallest absolute Gasteiger partial charge is 0.243 e. The molecule has 2 amide bonds. The zero-order valence-corrected chi connectivity index (χ0v) is 19.0. The summed E-state index contributed by atoms with van der Waals surface area (Å²) in [6.45, 7) is 6.88. The first-order valence-electron chi connectivity index (χ1n) is 10.3. The maximum absolute atomic E-state index is 12.3. The zero-order chi connectivity index (χ0) is 21.3. The van der Waals surface area contributed by atoms with Crippen molar-refractivity contribution >= 4 is 33.4 Å². The van der Waals surface area contributed by atoms with Gasteiger partial charge in [-0.25, -0.2) is 0 Å². The van der Waals surface area contributed by atoms with Crippen molar-refractivity contribution < 1.29 is 9.59 Å². The Morgan fingerprint density at radius 3 is 2.47 bits per heavy atom. The van der Waals surface area contributed by atoms with E-state index in [2.05, 4.69) is 60.6 Å². The van der Waals surface area contributed by atoms with Gasteiger partial charge in [-0.15, -0.1) is 0 Å². The molecule has 0 atom stereocenters. The Hall–Kier alpha value is -2.22. The van der Waals surface area contributed by atoms with Crippen molar-refractivity contribution in [3.05, 3.63) is 64.1 Å². The number of nitrogens with one attached hydrogen (secondary N) is 2. The SMILES string of the molecule is Cc1cc(Br)ccc1NC(=O)CNC(=O)CN1CCCN(Cc2ccccc2)CC1. The second-order valence-corrected chi connectivity index (χ2v) is 8.59. The predicted molar refractivity (Wildman–Crippen MR) is 123 cm³/mol. The monoisotopic (exact) mass is 472 g/mol. The fraction of sp³-hybridized carbons (Fsp3) is 0.391. The van der Waals surface area contributed by atoms with Crippen molar-refractivity contribution in [2.24, 2.45) is 0 Å². The summed E-state index contributed by atoms with van der Waals surface area (Å²) in [4.78, 5) is 29.1. The van der Waals surface area contributed by atoms with Crippen molar-refractivity contribution in [1.29, 1.82) is 0 Å². The molecule has 6 nitrogen and oxygen atoms in total. The van der Waals surface area contributed by atoms with E-state index in [0.717, 1.165) is 54.9 Å². The van der Waals surface area contributed by atoms with Gasteiger partial charge in [0.05, 0.1) is 13.1 Å². The molecule has 0 saturated carbocycles. The number of carbonyl (C=O) groups excluding carboxylic acids is 2. The first-order valence-corrected chi connectivity index (χ1v) is 11.1. The quantitative estimate of drug-likeness (QED) is 0.649. The van der Waals surface area contributed by atoms with Crippen molar-refractivity contribution in [2.45, 2.75) is 19.9 Å². The first-order chi connectivity index (χ1) is 14.5. The molecule has 2 aromatic carbocycles. The van der Waals surface area contributed by atoms with Crippen molar-refractivity contribution in [3.63, 3.8) is 0 Å². The number of carbonyl (C=O) groups is 2. The average Bonchev–Trinajstić information content (AvgIpc) is 2.94. The largest absolute Gasteiger partial charge is 0.346 e. The number of anilines is 1. The Kier molecular flexibility index (Phi) is 8.42. The summed E-state index contributed by atoms with van der Waals surface area (Å²) in [6, 6.07) is 16.1. The van der Waals surface area contributed by atoms with Crippen LogP contribution in [0, 0.1) is 6.92 Å².